The van der Waals surface area contributed by atoms with E-state index in [2.05, 4.69) is 98.8 Å². The Morgan fingerprint density at radius 3 is 1.49 bits per heavy atom. The number of epoxide rings is 2. The smallest absolute Gasteiger partial charge is 0.124 e. The van der Waals surface area contributed by atoms with Gasteiger partial charge >= 0.3 is 0 Å². The molecule has 4 heteroatoms. The summed E-state index contributed by atoms with van der Waals surface area (Å²) in [7, 11) is 0. The monoisotopic (exact) mass is 490 g/mol. The molecule has 0 aromatic heterocycles. The Bertz CT molecular complexity index is 1370. The van der Waals surface area contributed by atoms with Crippen molar-refractivity contribution in [2.75, 3.05) is 26.4 Å². The van der Waals surface area contributed by atoms with Gasteiger partial charge in [-0.2, -0.15) is 0 Å². The van der Waals surface area contributed by atoms with Crippen LogP contribution in [0.25, 0.3) is 11.1 Å². The van der Waals surface area contributed by atoms with Crippen LogP contribution in [-0.2, 0) is 14.9 Å². The van der Waals surface area contributed by atoms with Crippen molar-refractivity contribution in [3.05, 3.63) is 118 Å². The SMILES string of the molecule is Cc1ccc(OCC2CO2)c(C2(c3cc(C)ccc3OCC3CO3)c3ccccc3-c3ccccc32)c1. The van der Waals surface area contributed by atoms with Gasteiger partial charge in [0.05, 0.1) is 18.6 Å². The van der Waals surface area contributed by atoms with Crippen LogP contribution in [0.4, 0.5) is 0 Å². The Morgan fingerprint density at radius 2 is 1.05 bits per heavy atom. The van der Waals surface area contributed by atoms with Gasteiger partial charge in [0.2, 0.25) is 0 Å². The quantitative estimate of drug-likeness (QED) is 0.242. The second-order valence-electron chi connectivity index (χ2n) is 10.4. The summed E-state index contributed by atoms with van der Waals surface area (Å²) in [5.74, 6) is 1.76. The van der Waals surface area contributed by atoms with Crippen LogP contribution in [0.1, 0.15) is 33.4 Å². The Hall–Kier alpha value is -3.60. The topological polar surface area (TPSA) is 43.5 Å². The zero-order chi connectivity index (χ0) is 25.0. The normalized spacial score (nSPS) is 20.2. The van der Waals surface area contributed by atoms with Crippen molar-refractivity contribution in [2.45, 2.75) is 31.5 Å². The molecule has 37 heavy (non-hydrogen) atoms. The van der Waals surface area contributed by atoms with Gasteiger partial charge in [-0.05, 0) is 48.2 Å². The average Bonchev–Trinajstić information content (AvgIpc) is 3.85. The molecule has 7 rings (SSSR count). The zero-order valence-electron chi connectivity index (χ0n) is 21.2. The maximum absolute atomic E-state index is 6.50. The average molecular weight is 491 g/mol. The van der Waals surface area contributed by atoms with E-state index < -0.39 is 5.41 Å². The molecule has 4 aromatic rings. The molecule has 2 aliphatic heterocycles. The summed E-state index contributed by atoms with van der Waals surface area (Å²) in [6, 6.07) is 30.6. The highest BCUT2D eigenvalue weighted by Gasteiger charge is 2.49. The lowest BCUT2D eigenvalue weighted by molar-refractivity contribution is 0.256. The molecule has 3 aliphatic rings. The standard InChI is InChI=1S/C33H30O4/c1-21-11-13-31(36-19-23-17-34-23)29(15-21)33(30-16-22(2)12-14-32(30)37-20-24-18-35-24)27-9-5-3-7-25(27)26-8-4-6-10-28(26)33/h3-16,23-24H,17-20H2,1-2H3. The number of rotatable bonds is 8. The number of fused-ring (bicyclic) bond motifs is 3. The number of benzene rings is 4. The van der Waals surface area contributed by atoms with Gasteiger partial charge in [0.1, 0.15) is 36.9 Å². The lowest BCUT2D eigenvalue weighted by Gasteiger charge is -2.36. The van der Waals surface area contributed by atoms with Crippen LogP contribution >= 0.6 is 0 Å². The minimum absolute atomic E-state index is 0.171. The van der Waals surface area contributed by atoms with E-state index in [-0.39, 0.29) is 12.2 Å². The molecule has 4 nitrogen and oxygen atoms in total. The third kappa shape index (κ3) is 3.83. The third-order valence-corrected chi connectivity index (χ3v) is 7.68. The highest BCUT2D eigenvalue weighted by Crippen LogP contribution is 2.59. The Morgan fingerprint density at radius 1 is 0.622 bits per heavy atom. The lowest BCUT2D eigenvalue weighted by Crippen LogP contribution is -2.31. The van der Waals surface area contributed by atoms with Crippen molar-refractivity contribution in [1.29, 1.82) is 0 Å². The predicted octanol–water partition coefficient (Wildman–Crippen LogP) is 6.22. The first-order valence-corrected chi connectivity index (χ1v) is 13.0. The number of ether oxygens (including phenoxy) is 4. The molecule has 2 heterocycles. The molecule has 0 amide bonds. The minimum atomic E-state index is -0.606. The summed E-state index contributed by atoms with van der Waals surface area (Å²) in [6.45, 7) is 6.91. The minimum Gasteiger partial charge on any atom is -0.490 e. The number of hydrogen-bond acceptors (Lipinski definition) is 4. The molecule has 2 fully saturated rings. The Kier molecular flexibility index (Phi) is 5.35. The maximum atomic E-state index is 6.50. The lowest BCUT2D eigenvalue weighted by atomic mass is 9.66. The Balaban J connectivity index is 1.55. The van der Waals surface area contributed by atoms with Gasteiger partial charge in [-0.3, -0.25) is 0 Å². The summed E-state index contributed by atoms with van der Waals surface area (Å²) in [5.41, 5.74) is 9.00. The van der Waals surface area contributed by atoms with Crippen molar-refractivity contribution in [3.63, 3.8) is 0 Å². The molecule has 2 saturated heterocycles. The van der Waals surface area contributed by atoms with E-state index in [4.69, 9.17) is 18.9 Å². The van der Waals surface area contributed by atoms with Gasteiger partial charge in [0.25, 0.3) is 0 Å². The van der Waals surface area contributed by atoms with Crippen molar-refractivity contribution in [1.82, 2.24) is 0 Å². The van der Waals surface area contributed by atoms with E-state index >= 15 is 0 Å². The molecule has 0 saturated carbocycles. The van der Waals surface area contributed by atoms with E-state index in [1.165, 1.54) is 33.4 Å². The predicted molar refractivity (Wildman–Crippen MR) is 144 cm³/mol. The van der Waals surface area contributed by atoms with Crippen LogP contribution in [-0.4, -0.2) is 38.6 Å². The van der Waals surface area contributed by atoms with Crippen LogP contribution in [0, 0.1) is 13.8 Å². The van der Waals surface area contributed by atoms with E-state index in [0.29, 0.717) is 13.2 Å². The van der Waals surface area contributed by atoms with Gasteiger partial charge in [0, 0.05) is 11.1 Å². The van der Waals surface area contributed by atoms with Crippen LogP contribution in [0.2, 0.25) is 0 Å². The summed E-state index contributed by atoms with van der Waals surface area (Å²) >= 11 is 0. The first-order valence-electron chi connectivity index (χ1n) is 13.0. The first kappa shape index (κ1) is 22.6. The molecule has 186 valence electrons. The molecule has 4 aromatic carbocycles. The van der Waals surface area contributed by atoms with E-state index in [1.54, 1.807) is 0 Å². The van der Waals surface area contributed by atoms with Crippen LogP contribution in [0.15, 0.2) is 84.9 Å². The summed E-state index contributed by atoms with van der Waals surface area (Å²) in [5, 5.41) is 0. The fourth-order valence-corrected chi connectivity index (χ4v) is 5.78. The van der Waals surface area contributed by atoms with Crippen molar-refractivity contribution in [2.24, 2.45) is 0 Å². The van der Waals surface area contributed by atoms with Gasteiger partial charge in [-0.1, -0.05) is 83.9 Å². The molecule has 0 radical (unpaired) electrons. The van der Waals surface area contributed by atoms with E-state index in [1.807, 2.05) is 0 Å². The molecule has 2 atom stereocenters. The molecular weight excluding hydrogens is 460 g/mol. The molecule has 0 spiro atoms. The second-order valence-corrected chi connectivity index (χ2v) is 10.4. The third-order valence-electron chi connectivity index (χ3n) is 7.68. The number of hydrogen-bond donors (Lipinski definition) is 0. The highest BCUT2D eigenvalue weighted by atomic mass is 16.6. The van der Waals surface area contributed by atoms with Crippen LogP contribution < -0.4 is 9.47 Å². The molecule has 2 unspecified atom stereocenters. The van der Waals surface area contributed by atoms with Crippen LogP contribution in [0.5, 0.6) is 11.5 Å². The molecular formula is C33H30O4. The van der Waals surface area contributed by atoms with Gasteiger partial charge in [-0.25, -0.2) is 0 Å². The summed E-state index contributed by atoms with van der Waals surface area (Å²) in [6.07, 6.45) is 0.342. The van der Waals surface area contributed by atoms with Crippen LogP contribution in [0.3, 0.4) is 0 Å². The Labute approximate surface area is 217 Å². The number of aryl methyl sites for hydroxylation is 2. The molecule has 0 bridgehead atoms. The first-order chi connectivity index (χ1) is 18.1. The second kappa shape index (κ2) is 8.76. The molecule has 1 aliphatic carbocycles. The van der Waals surface area contributed by atoms with Crippen molar-refractivity contribution < 1.29 is 18.9 Å². The summed E-state index contributed by atoms with van der Waals surface area (Å²) < 4.78 is 24.0. The molecule has 0 N–H and O–H groups in total. The van der Waals surface area contributed by atoms with Gasteiger partial charge in [-0.15, -0.1) is 0 Å². The van der Waals surface area contributed by atoms with Crippen molar-refractivity contribution >= 4 is 0 Å². The van der Waals surface area contributed by atoms with E-state index in [0.717, 1.165) is 35.8 Å². The fraction of sp³-hybridized carbons (Fsp3) is 0.273. The summed E-state index contributed by atoms with van der Waals surface area (Å²) in [4.78, 5) is 0. The fourth-order valence-electron chi connectivity index (χ4n) is 5.78. The van der Waals surface area contributed by atoms with Gasteiger partial charge in [0.15, 0.2) is 0 Å². The van der Waals surface area contributed by atoms with Gasteiger partial charge < -0.3 is 18.9 Å². The largest absolute Gasteiger partial charge is 0.490 e. The highest BCUT2D eigenvalue weighted by molar-refractivity contribution is 5.87. The van der Waals surface area contributed by atoms with Crippen molar-refractivity contribution in [3.8, 4) is 22.6 Å². The van der Waals surface area contributed by atoms with E-state index in [9.17, 15) is 0 Å². The zero-order valence-corrected chi connectivity index (χ0v) is 21.2. The maximum Gasteiger partial charge on any atom is 0.124 e.